The van der Waals surface area contributed by atoms with E-state index in [0.29, 0.717) is 6.54 Å². The van der Waals surface area contributed by atoms with Crippen LogP contribution in [0, 0.1) is 0 Å². The van der Waals surface area contributed by atoms with Gasteiger partial charge in [0.1, 0.15) is 5.75 Å². The number of ether oxygens (including phenoxy) is 1. The highest BCUT2D eigenvalue weighted by molar-refractivity contribution is 5.91. The third kappa shape index (κ3) is 4.75. The Morgan fingerprint density at radius 1 is 1.18 bits per heavy atom. The summed E-state index contributed by atoms with van der Waals surface area (Å²) in [5.41, 5.74) is 1.87. The van der Waals surface area contributed by atoms with Gasteiger partial charge in [-0.3, -0.25) is 4.79 Å². The van der Waals surface area contributed by atoms with Crippen molar-refractivity contribution < 1.29 is 14.6 Å². The summed E-state index contributed by atoms with van der Waals surface area (Å²) in [7, 11) is 1.59. The van der Waals surface area contributed by atoms with Gasteiger partial charge in [-0.2, -0.15) is 0 Å². The van der Waals surface area contributed by atoms with Crippen molar-refractivity contribution >= 4 is 12.0 Å². The number of aromatic hydroxyl groups is 1. The van der Waals surface area contributed by atoms with Crippen molar-refractivity contribution in [3.8, 4) is 5.75 Å². The lowest BCUT2D eigenvalue weighted by Crippen LogP contribution is -2.27. The van der Waals surface area contributed by atoms with Crippen molar-refractivity contribution in [2.24, 2.45) is 0 Å². The Bertz CT molecular complexity index is 621. The molecule has 1 amide bonds. The minimum atomic E-state index is -0.255. The number of rotatable bonds is 6. The fourth-order valence-electron chi connectivity index (χ4n) is 2.01. The first-order valence-electron chi connectivity index (χ1n) is 7.01. The van der Waals surface area contributed by atoms with Gasteiger partial charge in [0, 0.05) is 19.7 Å². The van der Waals surface area contributed by atoms with Gasteiger partial charge in [0.2, 0.25) is 5.91 Å². The lowest BCUT2D eigenvalue weighted by molar-refractivity contribution is -0.117. The minimum absolute atomic E-state index is 0.176. The second-order valence-electron chi connectivity index (χ2n) is 4.81. The highest BCUT2D eigenvalue weighted by Gasteiger charge is 2.11. The molecule has 22 heavy (non-hydrogen) atoms. The van der Waals surface area contributed by atoms with Crippen LogP contribution in [0.1, 0.15) is 17.2 Å². The summed E-state index contributed by atoms with van der Waals surface area (Å²) in [5.74, 6) is 0.0260. The Morgan fingerprint density at radius 2 is 1.86 bits per heavy atom. The number of methoxy groups -OCH3 is 1. The van der Waals surface area contributed by atoms with Crippen molar-refractivity contribution in [1.82, 2.24) is 5.32 Å². The van der Waals surface area contributed by atoms with Crippen molar-refractivity contribution in [2.75, 3.05) is 13.7 Å². The summed E-state index contributed by atoms with van der Waals surface area (Å²) in [6.45, 7) is 0.360. The number of phenolic OH excluding ortho intramolecular Hbond substituents is 1. The standard InChI is InChI=1S/C18H19NO3/c1-22-17(15-8-10-16(20)11-9-15)13-19-18(21)12-7-14-5-3-2-4-6-14/h2-12,17,20H,13H2,1H3,(H,19,21)/b12-7+/t17-/m1/s1. The smallest absolute Gasteiger partial charge is 0.244 e. The Hall–Kier alpha value is -2.59. The molecule has 0 spiro atoms. The zero-order valence-corrected chi connectivity index (χ0v) is 12.4. The van der Waals surface area contributed by atoms with Crippen LogP contribution in [0.3, 0.4) is 0 Å². The number of carbonyl (C=O) groups is 1. The van der Waals surface area contributed by atoms with E-state index in [4.69, 9.17) is 4.74 Å². The Labute approximate surface area is 130 Å². The second-order valence-corrected chi connectivity index (χ2v) is 4.81. The zero-order chi connectivity index (χ0) is 15.8. The van der Waals surface area contributed by atoms with Crippen molar-refractivity contribution in [1.29, 1.82) is 0 Å². The maximum Gasteiger partial charge on any atom is 0.244 e. The number of nitrogens with one attached hydrogen (secondary N) is 1. The Morgan fingerprint density at radius 3 is 2.50 bits per heavy atom. The first-order valence-corrected chi connectivity index (χ1v) is 7.01. The van der Waals surface area contributed by atoms with Crippen LogP contribution in [-0.2, 0) is 9.53 Å². The van der Waals surface area contributed by atoms with Gasteiger partial charge in [-0.25, -0.2) is 0 Å². The van der Waals surface area contributed by atoms with Gasteiger partial charge < -0.3 is 15.2 Å². The molecule has 114 valence electrons. The molecule has 0 unspecified atom stereocenters. The number of carbonyl (C=O) groups excluding carboxylic acids is 1. The van der Waals surface area contributed by atoms with Crippen LogP contribution in [0.15, 0.2) is 60.7 Å². The van der Waals surface area contributed by atoms with E-state index in [0.717, 1.165) is 11.1 Å². The molecule has 0 bridgehead atoms. The molecular weight excluding hydrogens is 278 g/mol. The van der Waals surface area contributed by atoms with Crippen molar-refractivity contribution in [3.63, 3.8) is 0 Å². The molecule has 0 radical (unpaired) electrons. The second kappa shape index (κ2) is 8.00. The van der Waals surface area contributed by atoms with E-state index in [1.54, 1.807) is 37.5 Å². The average Bonchev–Trinajstić information content (AvgIpc) is 2.56. The van der Waals surface area contributed by atoms with E-state index >= 15 is 0 Å². The van der Waals surface area contributed by atoms with Crippen LogP contribution >= 0.6 is 0 Å². The zero-order valence-electron chi connectivity index (χ0n) is 12.4. The SMILES string of the molecule is CO[C@H](CNC(=O)/C=C/c1ccccc1)c1ccc(O)cc1. The molecule has 1 atom stereocenters. The predicted molar refractivity (Wildman–Crippen MR) is 86.3 cm³/mol. The van der Waals surface area contributed by atoms with E-state index in [1.165, 1.54) is 6.08 Å². The quantitative estimate of drug-likeness (QED) is 0.806. The Kier molecular flexibility index (Phi) is 5.74. The number of hydrogen-bond acceptors (Lipinski definition) is 3. The molecule has 4 nitrogen and oxygen atoms in total. The molecular formula is C18H19NO3. The van der Waals surface area contributed by atoms with Crippen LogP contribution in [-0.4, -0.2) is 24.7 Å². The third-order valence-electron chi connectivity index (χ3n) is 3.24. The third-order valence-corrected chi connectivity index (χ3v) is 3.24. The highest BCUT2D eigenvalue weighted by Crippen LogP contribution is 2.18. The summed E-state index contributed by atoms with van der Waals surface area (Å²) in [6.07, 6.45) is 3.01. The van der Waals surface area contributed by atoms with Gasteiger partial charge in [0.25, 0.3) is 0 Å². The molecule has 2 N–H and O–H groups in total. The largest absolute Gasteiger partial charge is 0.508 e. The van der Waals surface area contributed by atoms with Crippen LogP contribution in [0.2, 0.25) is 0 Å². The summed E-state index contributed by atoms with van der Waals surface area (Å²) in [5, 5.41) is 12.1. The molecule has 4 heteroatoms. The van der Waals surface area contributed by atoms with Gasteiger partial charge in [-0.15, -0.1) is 0 Å². The number of hydrogen-bond donors (Lipinski definition) is 2. The molecule has 0 saturated heterocycles. The van der Waals surface area contributed by atoms with Crippen LogP contribution in [0.5, 0.6) is 5.75 Å². The Balaban J connectivity index is 1.89. The lowest BCUT2D eigenvalue weighted by Gasteiger charge is -2.16. The topological polar surface area (TPSA) is 58.6 Å². The molecule has 2 rings (SSSR count). The van der Waals surface area contributed by atoms with E-state index in [2.05, 4.69) is 5.32 Å². The van der Waals surface area contributed by atoms with Crippen LogP contribution in [0.4, 0.5) is 0 Å². The molecule has 0 aliphatic rings. The van der Waals surface area contributed by atoms with Crippen LogP contribution < -0.4 is 5.32 Å². The predicted octanol–water partition coefficient (Wildman–Crippen LogP) is 2.91. The van der Waals surface area contributed by atoms with E-state index in [9.17, 15) is 9.90 Å². The van der Waals surface area contributed by atoms with Gasteiger partial charge in [-0.1, -0.05) is 42.5 Å². The van der Waals surface area contributed by atoms with E-state index < -0.39 is 0 Å². The molecule has 0 saturated carbocycles. The normalized spacial score (nSPS) is 12.2. The van der Waals surface area contributed by atoms with Gasteiger partial charge in [0.15, 0.2) is 0 Å². The average molecular weight is 297 g/mol. The van der Waals surface area contributed by atoms with Gasteiger partial charge in [0.05, 0.1) is 6.10 Å². The highest BCUT2D eigenvalue weighted by atomic mass is 16.5. The molecule has 2 aromatic carbocycles. The number of amides is 1. The van der Waals surface area contributed by atoms with E-state index in [-0.39, 0.29) is 17.8 Å². The van der Waals surface area contributed by atoms with Crippen molar-refractivity contribution in [3.05, 3.63) is 71.8 Å². The molecule has 0 aromatic heterocycles. The fraction of sp³-hybridized carbons (Fsp3) is 0.167. The van der Waals surface area contributed by atoms with E-state index in [1.807, 2.05) is 30.3 Å². The summed E-state index contributed by atoms with van der Waals surface area (Å²) < 4.78 is 5.37. The number of phenols is 1. The lowest BCUT2D eigenvalue weighted by atomic mass is 10.1. The fourth-order valence-corrected chi connectivity index (χ4v) is 2.01. The maximum atomic E-state index is 11.8. The first-order chi connectivity index (χ1) is 10.7. The van der Waals surface area contributed by atoms with Crippen LogP contribution in [0.25, 0.3) is 6.08 Å². The monoisotopic (exact) mass is 297 g/mol. The maximum absolute atomic E-state index is 11.8. The van der Waals surface area contributed by atoms with Crippen molar-refractivity contribution in [2.45, 2.75) is 6.10 Å². The summed E-state index contributed by atoms with van der Waals surface area (Å²) in [6, 6.07) is 16.4. The van der Waals surface area contributed by atoms with Gasteiger partial charge >= 0.3 is 0 Å². The molecule has 2 aromatic rings. The molecule has 0 heterocycles. The van der Waals surface area contributed by atoms with Gasteiger partial charge in [-0.05, 0) is 29.3 Å². The minimum Gasteiger partial charge on any atom is -0.508 e. The molecule has 0 aliphatic heterocycles. The first kappa shape index (κ1) is 15.8. The summed E-state index contributed by atoms with van der Waals surface area (Å²) in [4.78, 5) is 11.8. The molecule has 0 fully saturated rings. The molecule has 0 aliphatic carbocycles. The number of benzene rings is 2. The summed E-state index contributed by atoms with van der Waals surface area (Å²) >= 11 is 0.